The summed E-state index contributed by atoms with van der Waals surface area (Å²) in [4.78, 5) is 38.6. The highest BCUT2D eigenvalue weighted by Gasteiger charge is 2.22. The van der Waals surface area contributed by atoms with Crippen LogP contribution in [0.1, 0.15) is 27.8 Å². The van der Waals surface area contributed by atoms with Gasteiger partial charge >= 0.3 is 11.6 Å². The summed E-state index contributed by atoms with van der Waals surface area (Å²) < 4.78 is 16.0. The highest BCUT2D eigenvalue weighted by atomic mass is 16.5. The minimum absolute atomic E-state index is 0.0925. The van der Waals surface area contributed by atoms with Crippen LogP contribution in [0.15, 0.2) is 45.6 Å². The number of fused-ring (bicyclic) bond motifs is 2. The average molecular weight is 435 g/mol. The van der Waals surface area contributed by atoms with Crippen molar-refractivity contribution in [2.24, 2.45) is 0 Å². The third kappa shape index (κ3) is 4.10. The Bertz CT molecular complexity index is 1260. The molecule has 2 aromatic carbocycles. The van der Waals surface area contributed by atoms with Crippen molar-refractivity contribution in [2.75, 3.05) is 20.3 Å². The third-order valence-electron chi connectivity index (χ3n) is 6.04. The lowest BCUT2D eigenvalue weighted by molar-refractivity contribution is -0.139. The molecule has 32 heavy (non-hydrogen) atoms. The van der Waals surface area contributed by atoms with E-state index in [4.69, 9.17) is 9.15 Å². The number of carbonyl (C=O) groups excluding carboxylic acids is 2. The quantitative estimate of drug-likeness (QED) is 0.452. The van der Waals surface area contributed by atoms with Crippen molar-refractivity contribution in [2.45, 2.75) is 33.2 Å². The molecule has 4 rings (SSSR count). The number of esters is 1. The first-order chi connectivity index (χ1) is 15.4. The predicted octanol–water partition coefficient (Wildman–Crippen LogP) is 3.09. The lowest BCUT2D eigenvalue weighted by atomic mass is 10.00. The molecule has 0 bridgehead atoms. The van der Waals surface area contributed by atoms with E-state index in [9.17, 15) is 14.4 Å². The zero-order chi connectivity index (χ0) is 22.8. The molecule has 0 unspecified atom stereocenters. The van der Waals surface area contributed by atoms with Gasteiger partial charge in [-0.15, -0.1) is 0 Å². The van der Waals surface area contributed by atoms with Crippen molar-refractivity contribution < 1.29 is 23.5 Å². The summed E-state index contributed by atoms with van der Waals surface area (Å²) in [5.41, 5.74) is 3.82. The van der Waals surface area contributed by atoms with Gasteiger partial charge in [0.1, 0.15) is 11.3 Å². The number of nitrogens with zero attached hydrogens (tertiary/aromatic N) is 1. The summed E-state index contributed by atoms with van der Waals surface area (Å²) in [6, 6.07) is 11.7. The number of carbonyl (C=O) groups is 2. The van der Waals surface area contributed by atoms with E-state index in [1.807, 2.05) is 18.2 Å². The van der Waals surface area contributed by atoms with Gasteiger partial charge in [-0.25, -0.2) is 4.79 Å². The molecule has 2 heterocycles. The standard InChI is InChI=1S/C25H25NO6/c1-15-19-8-9-21(16(2)24(19)32-25(29)20(15)12-23(28)30-3)31-14-22(27)26-11-10-17-6-4-5-7-18(17)13-26/h4-9H,10-14H2,1-3H3. The number of ether oxygens (including phenoxy) is 2. The summed E-state index contributed by atoms with van der Waals surface area (Å²) >= 11 is 0. The minimum Gasteiger partial charge on any atom is -0.483 e. The Kier molecular flexibility index (Phi) is 5.99. The molecular weight excluding hydrogens is 410 g/mol. The van der Waals surface area contributed by atoms with Crippen LogP contribution in [0, 0.1) is 13.8 Å². The molecule has 0 aliphatic carbocycles. The monoisotopic (exact) mass is 435 g/mol. The van der Waals surface area contributed by atoms with Crippen LogP contribution in [0.5, 0.6) is 5.75 Å². The number of hydrogen-bond acceptors (Lipinski definition) is 6. The van der Waals surface area contributed by atoms with E-state index in [2.05, 4.69) is 10.8 Å². The van der Waals surface area contributed by atoms with Crippen molar-refractivity contribution >= 4 is 22.8 Å². The maximum Gasteiger partial charge on any atom is 0.340 e. The Morgan fingerprint density at radius 3 is 2.56 bits per heavy atom. The lowest BCUT2D eigenvalue weighted by Crippen LogP contribution is -2.38. The highest BCUT2D eigenvalue weighted by Crippen LogP contribution is 2.30. The minimum atomic E-state index is -0.580. The number of rotatable bonds is 5. The maximum absolute atomic E-state index is 12.7. The van der Waals surface area contributed by atoms with Crippen LogP contribution in [0.4, 0.5) is 0 Å². The molecule has 0 atom stereocenters. The van der Waals surface area contributed by atoms with E-state index in [0.717, 1.165) is 12.0 Å². The number of amides is 1. The van der Waals surface area contributed by atoms with Crippen LogP contribution < -0.4 is 10.4 Å². The smallest absolute Gasteiger partial charge is 0.340 e. The fourth-order valence-electron chi connectivity index (χ4n) is 4.09. The molecule has 1 amide bonds. The first kappa shape index (κ1) is 21.6. The fourth-order valence-corrected chi connectivity index (χ4v) is 4.09. The normalized spacial score (nSPS) is 13.0. The van der Waals surface area contributed by atoms with Crippen LogP contribution in [-0.2, 0) is 33.7 Å². The molecule has 0 saturated heterocycles. The molecular formula is C25H25NO6. The fraction of sp³-hybridized carbons (Fsp3) is 0.320. The van der Waals surface area contributed by atoms with Crippen molar-refractivity contribution in [3.8, 4) is 5.75 Å². The van der Waals surface area contributed by atoms with Gasteiger partial charge < -0.3 is 18.8 Å². The Morgan fingerprint density at radius 2 is 1.81 bits per heavy atom. The molecule has 0 saturated carbocycles. The SMILES string of the molecule is COC(=O)Cc1c(C)c2ccc(OCC(=O)N3CCc4ccccc4C3)c(C)c2oc1=O. The Hall–Kier alpha value is -3.61. The number of methoxy groups -OCH3 is 1. The van der Waals surface area contributed by atoms with Crippen molar-refractivity contribution in [3.05, 3.63) is 74.6 Å². The largest absolute Gasteiger partial charge is 0.483 e. The van der Waals surface area contributed by atoms with Gasteiger partial charge in [-0.2, -0.15) is 0 Å². The van der Waals surface area contributed by atoms with Gasteiger partial charge in [-0.05, 0) is 49.1 Å². The Labute approximate surface area is 185 Å². The van der Waals surface area contributed by atoms with E-state index in [0.29, 0.717) is 40.9 Å². The zero-order valence-corrected chi connectivity index (χ0v) is 18.4. The van der Waals surface area contributed by atoms with Crippen molar-refractivity contribution in [1.82, 2.24) is 4.90 Å². The molecule has 1 aromatic heterocycles. The zero-order valence-electron chi connectivity index (χ0n) is 18.4. The van der Waals surface area contributed by atoms with Crippen LogP contribution >= 0.6 is 0 Å². The van der Waals surface area contributed by atoms with Crippen LogP contribution in [0.3, 0.4) is 0 Å². The summed E-state index contributed by atoms with van der Waals surface area (Å²) in [5.74, 6) is -0.119. The van der Waals surface area contributed by atoms with Gasteiger partial charge in [0.15, 0.2) is 6.61 Å². The molecule has 7 heteroatoms. The second kappa shape index (κ2) is 8.86. The first-order valence-electron chi connectivity index (χ1n) is 10.5. The van der Waals surface area contributed by atoms with Gasteiger partial charge in [-0.3, -0.25) is 9.59 Å². The molecule has 1 aliphatic rings. The topological polar surface area (TPSA) is 86.1 Å². The molecule has 1 aliphatic heterocycles. The maximum atomic E-state index is 12.7. The predicted molar refractivity (Wildman–Crippen MR) is 119 cm³/mol. The second-order valence-electron chi connectivity index (χ2n) is 7.93. The van der Waals surface area contributed by atoms with Crippen molar-refractivity contribution in [3.63, 3.8) is 0 Å². The molecule has 166 valence electrons. The van der Waals surface area contributed by atoms with E-state index in [1.165, 1.54) is 12.7 Å². The lowest BCUT2D eigenvalue weighted by Gasteiger charge is -2.28. The van der Waals surface area contributed by atoms with Crippen molar-refractivity contribution in [1.29, 1.82) is 0 Å². The average Bonchev–Trinajstić information content (AvgIpc) is 2.81. The molecule has 0 fully saturated rings. The molecule has 0 radical (unpaired) electrons. The first-order valence-corrected chi connectivity index (χ1v) is 10.5. The second-order valence-corrected chi connectivity index (χ2v) is 7.93. The van der Waals surface area contributed by atoms with Crippen LogP contribution in [0.2, 0.25) is 0 Å². The number of benzene rings is 2. The molecule has 0 N–H and O–H groups in total. The summed E-state index contributed by atoms with van der Waals surface area (Å²) in [6.45, 7) is 4.69. The van der Waals surface area contributed by atoms with Gasteiger partial charge in [0.05, 0.1) is 19.1 Å². The summed E-state index contributed by atoms with van der Waals surface area (Å²) in [5, 5.41) is 0.715. The van der Waals surface area contributed by atoms with E-state index >= 15 is 0 Å². The molecule has 3 aromatic rings. The Balaban J connectivity index is 1.52. The van der Waals surface area contributed by atoms with E-state index in [-0.39, 0.29) is 24.5 Å². The van der Waals surface area contributed by atoms with Gasteiger partial charge in [0.2, 0.25) is 0 Å². The van der Waals surface area contributed by atoms with Crippen LogP contribution in [-0.4, -0.2) is 37.0 Å². The number of aryl methyl sites for hydroxylation is 2. The number of hydrogen-bond donors (Lipinski definition) is 0. The van der Waals surface area contributed by atoms with E-state index < -0.39 is 11.6 Å². The van der Waals surface area contributed by atoms with Gasteiger partial charge in [0, 0.05) is 24.0 Å². The van der Waals surface area contributed by atoms with Crippen LogP contribution in [0.25, 0.3) is 11.0 Å². The molecule has 0 spiro atoms. The molecule has 7 nitrogen and oxygen atoms in total. The van der Waals surface area contributed by atoms with Gasteiger partial charge in [0.25, 0.3) is 5.91 Å². The third-order valence-corrected chi connectivity index (χ3v) is 6.04. The summed E-state index contributed by atoms with van der Waals surface area (Å²) in [7, 11) is 1.28. The van der Waals surface area contributed by atoms with E-state index in [1.54, 1.807) is 30.9 Å². The summed E-state index contributed by atoms with van der Waals surface area (Å²) in [6.07, 6.45) is 0.681. The Morgan fingerprint density at radius 1 is 1.06 bits per heavy atom. The highest BCUT2D eigenvalue weighted by molar-refractivity contribution is 5.87. The van der Waals surface area contributed by atoms with Gasteiger partial charge in [-0.1, -0.05) is 24.3 Å².